The maximum absolute atomic E-state index is 10.6. The van der Waals surface area contributed by atoms with Crippen LogP contribution in [0.2, 0.25) is 0 Å². The van der Waals surface area contributed by atoms with Crippen molar-refractivity contribution in [2.45, 2.75) is 6.42 Å². The van der Waals surface area contributed by atoms with Crippen molar-refractivity contribution in [1.29, 1.82) is 5.41 Å². The number of aryl methyl sites for hydroxylation is 2. The number of rotatable bonds is 4. The van der Waals surface area contributed by atoms with Crippen LogP contribution >= 0.6 is 0 Å². The van der Waals surface area contributed by atoms with Gasteiger partial charge in [0.05, 0.1) is 23.2 Å². The summed E-state index contributed by atoms with van der Waals surface area (Å²) in [6, 6.07) is 16.2. The molecule has 5 rings (SSSR count). The van der Waals surface area contributed by atoms with Crippen LogP contribution in [0, 0.1) is 5.41 Å². The highest BCUT2D eigenvalue weighted by Gasteiger charge is 2.31. The van der Waals surface area contributed by atoms with E-state index in [1.165, 1.54) is 16.5 Å². The first-order chi connectivity index (χ1) is 14.0. The first-order valence-electron chi connectivity index (χ1n) is 9.75. The standard InChI is InChI=1S/C23H23N5O/c1-26-13-15(16-7-3-5-9-18(16)26)11-12-28-14-20(29)21(22(28)24)23-25-17-8-4-6-10-19(17)27(23)2/h3-10,13,24,29H,11-12,14H2,1-2H3. The predicted molar refractivity (Wildman–Crippen MR) is 116 cm³/mol. The average molecular weight is 385 g/mol. The van der Waals surface area contributed by atoms with Crippen LogP contribution in [0.3, 0.4) is 0 Å². The van der Waals surface area contributed by atoms with Gasteiger partial charge in [0.2, 0.25) is 0 Å². The SMILES string of the molecule is Cn1cc(CCN2CC(O)=C(c3nc4ccccc4n3C)C2=N)c2ccccc21. The third kappa shape index (κ3) is 2.71. The molecule has 2 N–H and O–H groups in total. The average Bonchev–Trinajstić information content (AvgIpc) is 3.32. The molecule has 0 spiro atoms. The van der Waals surface area contributed by atoms with Gasteiger partial charge in [-0.05, 0) is 30.2 Å². The zero-order chi connectivity index (χ0) is 20.1. The van der Waals surface area contributed by atoms with Gasteiger partial charge >= 0.3 is 0 Å². The second-order valence-electron chi connectivity index (χ2n) is 7.61. The molecule has 29 heavy (non-hydrogen) atoms. The Morgan fingerprint density at radius 2 is 1.76 bits per heavy atom. The summed E-state index contributed by atoms with van der Waals surface area (Å²) in [5.74, 6) is 1.19. The highest BCUT2D eigenvalue weighted by molar-refractivity contribution is 6.23. The molecule has 0 fully saturated rings. The van der Waals surface area contributed by atoms with Crippen LogP contribution in [0.15, 0.2) is 60.5 Å². The minimum atomic E-state index is 0.214. The largest absolute Gasteiger partial charge is 0.510 e. The Hall–Kier alpha value is -3.54. The minimum Gasteiger partial charge on any atom is -0.510 e. The maximum atomic E-state index is 10.6. The van der Waals surface area contributed by atoms with Gasteiger partial charge < -0.3 is 19.1 Å². The molecule has 1 aliphatic rings. The molecular formula is C23H23N5O. The Bertz CT molecular complexity index is 1290. The van der Waals surface area contributed by atoms with E-state index in [1.54, 1.807) is 0 Å². The van der Waals surface area contributed by atoms with Gasteiger partial charge in [-0.15, -0.1) is 0 Å². The predicted octanol–water partition coefficient (Wildman–Crippen LogP) is 3.87. The van der Waals surface area contributed by atoms with E-state index in [4.69, 9.17) is 5.41 Å². The molecule has 0 unspecified atom stereocenters. The molecule has 6 nitrogen and oxygen atoms in total. The quantitative estimate of drug-likeness (QED) is 0.560. The molecule has 1 aliphatic heterocycles. The van der Waals surface area contributed by atoms with Gasteiger partial charge in [0.15, 0.2) is 0 Å². The molecule has 0 aliphatic carbocycles. The van der Waals surface area contributed by atoms with Gasteiger partial charge in [0, 0.05) is 37.7 Å². The monoisotopic (exact) mass is 385 g/mol. The Kier molecular flexibility index (Phi) is 3.94. The molecule has 0 saturated heterocycles. The number of imidazole rings is 1. The molecule has 3 heterocycles. The van der Waals surface area contributed by atoms with Crippen LogP contribution in [-0.4, -0.2) is 43.0 Å². The fourth-order valence-electron chi connectivity index (χ4n) is 4.31. The lowest BCUT2D eigenvalue weighted by molar-refractivity contribution is 0.351. The van der Waals surface area contributed by atoms with E-state index in [2.05, 4.69) is 41.0 Å². The third-order valence-electron chi connectivity index (χ3n) is 5.82. The van der Waals surface area contributed by atoms with Crippen molar-refractivity contribution in [2.75, 3.05) is 13.1 Å². The number of aliphatic hydroxyl groups is 1. The number of hydrogen-bond donors (Lipinski definition) is 2. The molecule has 146 valence electrons. The molecule has 2 aromatic heterocycles. The van der Waals surface area contributed by atoms with Gasteiger partial charge in [-0.2, -0.15) is 0 Å². The van der Waals surface area contributed by atoms with Crippen molar-refractivity contribution < 1.29 is 5.11 Å². The second-order valence-corrected chi connectivity index (χ2v) is 7.61. The van der Waals surface area contributed by atoms with Crippen LogP contribution in [0.25, 0.3) is 27.5 Å². The number of benzene rings is 2. The lowest BCUT2D eigenvalue weighted by atomic mass is 10.1. The topological polar surface area (TPSA) is 70.1 Å². The molecular weight excluding hydrogens is 362 g/mol. The summed E-state index contributed by atoms with van der Waals surface area (Å²) in [5, 5.41) is 20.6. The van der Waals surface area contributed by atoms with Crippen molar-refractivity contribution >= 4 is 33.3 Å². The zero-order valence-electron chi connectivity index (χ0n) is 16.6. The van der Waals surface area contributed by atoms with Crippen LogP contribution in [0.5, 0.6) is 0 Å². The van der Waals surface area contributed by atoms with E-state index < -0.39 is 0 Å². The Labute approximate surface area is 168 Å². The first-order valence-corrected chi connectivity index (χ1v) is 9.75. The van der Waals surface area contributed by atoms with Crippen LogP contribution in [0.1, 0.15) is 11.4 Å². The minimum absolute atomic E-state index is 0.214. The summed E-state index contributed by atoms with van der Waals surface area (Å²) in [6.07, 6.45) is 2.97. The van der Waals surface area contributed by atoms with E-state index in [0.29, 0.717) is 30.3 Å². The number of nitrogens with one attached hydrogen (secondary N) is 1. The van der Waals surface area contributed by atoms with E-state index >= 15 is 0 Å². The van der Waals surface area contributed by atoms with E-state index in [0.717, 1.165) is 17.5 Å². The number of nitrogens with zero attached hydrogens (tertiary/aromatic N) is 4. The lowest BCUT2D eigenvalue weighted by Crippen LogP contribution is -2.29. The van der Waals surface area contributed by atoms with Crippen molar-refractivity contribution in [3.8, 4) is 0 Å². The van der Waals surface area contributed by atoms with Crippen molar-refractivity contribution in [2.24, 2.45) is 14.1 Å². The van der Waals surface area contributed by atoms with Crippen LogP contribution in [0.4, 0.5) is 0 Å². The molecule has 0 saturated carbocycles. The summed E-state index contributed by atoms with van der Waals surface area (Å²) in [5.41, 5.74) is 4.85. The fraction of sp³-hybridized carbons (Fsp3) is 0.217. The highest BCUT2D eigenvalue weighted by atomic mass is 16.3. The van der Waals surface area contributed by atoms with Gasteiger partial charge in [-0.25, -0.2) is 4.98 Å². The van der Waals surface area contributed by atoms with Crippen LogP contribution in [-0.2, 0) is 20.5 Å². The van der Waals surface area contributed by atoms with Crippen molar-refractivity contribution in [1.82, 2.24) is 19.0 Å². The molecule has 4 aromatic rings. The van der Waals surface area contributed by atoms with Crippen LogP contribution < -0.4 is 0 Å². The number of para-hydroxylation sites is 3. The molecule has 0 radical (unpaired) electrons. The normalized spacial score (nSPS) is 14.7. The van der Waals surface area contributed by atoms with E-state index in [-0.39, 0.29) is 5.76 Å². The molecule has 0 bridgehead atoms. The molecule has 6 heteroatoms. The summed E-state index contributed by atoms with van der Waals surface area (Å²) >= 11 is 0. The molecule has 0 atom stereocenters. The highest BCUT2D eigenvalue weighted by Crippen LogP contribution is 2.29. The first kappa shape index (κ1) is 17.6. The van der Waals surface area contributed by atoms with E-state index in [1.807, 2.05) is 46.8 Å². The van der Waals surface area contributed by atoms with Gasteiger partial charge in [0.25, 0.3) is 0 Å². The number of fused-ring (bicyclic) bond motifs is 2. The Morgan fingerprint density at radius 1 is 1.03 bits per heavy atom. The zero-order valence-corrected chi connectivity index (χ0v) is 16.6. The summed E-state index contributed by atoms with van der Waals surface area (Å²) < 4.78 is 4.09. The third-order valence-corrected chi connectivity index (χ3v) is 5.82. The summed E-state index contributed by atoms with van der Waals surface area (Å²) in [6.45, 7) is 1.02. The molecule has 0 amide bonds. The smallest absolute Gasteiger partial charge is 0.148 e. The second kappa shape index (κ2) is 6.51. The number of hydrogen-bond acceptors (Lipinski definition) is 3. The van der Waals surface area contributed by atoms with Gasteiger partial charge in [-0.1, -0.05) is 30.3 Å². The van der Waals surface area contributed by atoms with E-state index in [9.17, 15) is 5.11 Å². The number of amidine groups is 1. The lowest BCUT2D eigenvalue weighted by Gasteiger charge is -2.18. The molecule has 2 aromatic carbocycles. The Balaban J connectivity index is 1.40. The fourth-order valence-corrected chi connectivity index (χ4v) is 4.31. The van der Waals surface area contributed by atoms with Crippen molar-refractivity contribution in [3.05, 3.63) is 71.9 Å². The summed E-state index contributed by atoms with van der Waals surface area (Å²) in [7, 11) is 3.98. The van der Waals surface area contributed by atoms with Gasteiger partial charge in [0.1, 0.15) is 17.4 Å². The van der Waals surface area contributed by atoms with Gasteiger partial charge in [-0.3, -0.25) is 5.41 Å². The summed E-state index contributed by atoms with van der Waals surface area (Å²) in [4.78, 5) is 6.59. The number of aliphatic hydroxyl groups excluding tert-OH is 1. The van der Waals surface area contributed by atoms with Crippen molar-refractivity contribution in [3.63, 3.8) is 0 Å². The Morgan fingerprint density at radius 3 is 2.55 bits per heavy atom. The maximum Gasteiger partial charge on any atom is 0.148 e. The number of aromatic nitrogens is 3.